The van der Waals surface area contributed by atoms with Crippen molar-refractivity contribution in [3.8, 4) is 17.2 Å². The van der Waals surface area contributed by atoms with E-state index < -0.39 is 10.0 Å². The Labute approximate surface area is 161 Å². The van der Waals surface area contributed by atoms with Crippen LogP contribution in [-0.4, -0.2) is 36.3 Å². The van der Waals surface area contributed by atoms with Crippen molar-refractivity contribution in [3.05, 3.63) is 47.5 Å². The molecule has 6 nitrogen and oxygen atoms in total. The fourth-order valence-electron chi connectivity index (χ4n) is 2.72. The molecule has 2 rings (SSSR count). The first-order valence-electron chi connectivity index (χ1n) is 8.71. The molecule has 0 spiro atoms. The molecule has 0 radical (unpaired) electrons. The number of ether oxygens (including phenoxy) is 3. The molecule has 0 amide bonds. The molecule has 148 valence electrons. The third-order valence-electron chi connectivity index (χ3n) is 4.29. The number of nitrogens with one attached hydrogen (secondary N) is 1. The summed E-state index contributed by atoms with van der Waals surface area (Å²) in [5.41, 5.74) is 1.98. The molecule has 0 aliphatic carbocycles. The molecule has 0 fully saturated rings. The highest BCUT2D eigenvalue weighted by Gasteiger charge is 2.16. The van der Waals surface area contributed by atoms with Crippen molar-refractivity contribution in [1.29, 1.82) is 0 Å². The smallest absolute Gasteiger partial charge is 0.240 e. The van der Waals surface area contributed by atoms with Crippen molar-refractivity contribution < 1.29 is 22.6 Å². The van der Waals surface area contributed by atoms with Crippen LogP contribution in [0.25, 0.3) is 0 Å². The highest BCUT2D eigenvalue weighted by molar-refractivity contribution is 7.89. The van der Waals surface area contributed by atoms with Crippen LogP contribution in [0.1, 0.15) is 30.9 Å². The lowest BCUT2D eigenvalue weighted by Crippen LogP contribution is -2.26. The van der Waals surface area contributed by atoms with E-state index in [2.05, 4.69) is 18.6 Å². The lowest BCUT2D eigenvalue weighted by molar-refractivity contribution is 0.324. The third-order valence-corrected chi connectivity index (χ3v) is 5.76. The quantitative estimate of drug-likeness (QED) is 0.707. The lowest BCUT2D eigenvalue weighted by atomic mass is 10.0. The van der Waals surface area contributed by atoms with E-state index in [-0.39, 0.29) is 11.4 Å². The van der Waals surface area contributed by atoms with E-state index in [4.69, 9.17) is 14.2 Å². The van der Waals surface area contributed by atoms with E-state index in [0.29, 0.717) is 29.6 Å². The van der Waals surface area contributed by atoms with E-state index in [0.717, 1.165) is 11.1 Å². The van der Waals surface area contributed by atoms with E-state index in [9.17, 15) is 8.42 Å². The number of hydrogen-bond donors (Lipinski definition) is 1. The van der Waals surface area contributed by atoms with Crippen LogP contribution in [0, 0.1) is 0 Å². The molecule has 2 aromatic carbocycles. The molecule has 0 atom stereocenters. The SMILES string of the molecule is COc1cc(CCNS(=O)(=O)c2ccc(C(C)C)cc2)cc(OC)c1OC. The van der Waals surface area contributed by atoms with Gasteiger partial charge in [-0.15, -0.1) is 0 Å². The average molecular weight is 394 g/mol. The predicted molar refractivity (Wildman–Crippen MR) is 106 cm³/mol. The Kier molecular flexibility index (Phi) is 7.10. The van der Waals surface area contributed by atoms with E-state index in [1.807, 2.05) is 24.3 Å². The second kappa shape index (κ2) is 9.10. The highest BCUT2D eigenvalue weighted by Crippen LogP contribution is 2.38. The molecule has 0 aliphatic rings. The van der Waals surface area contributed by atoms with Crippen molar-refractivity contribution in [2.75, 3.05) is 27.9 Å². The Hall–Kier alpha value is -2.25. The number of methoxy groups -OCH3 is 3. The standard InChI is InChI=1S/C20H27NO5S/c1-14(2)16-6-8-17(9-7-16)27(22,23)21-11-10-15-12-18(24-3)20(26-5)19(13-15)25-4/h6-9,12-14,21H,10-11H2,1-5H3. The van der Waals surface area contributed by atoms with Crippen LogP contribution in [0.3, 0.4) is 0 Å². The average Bonchev–Trinajstić information content (AvgIpc) is 2.66. The van der Waals surface area contributed by atoms with Gasteiger partial charge in [0.15, 0.2) is 11.5 Å². The largest absolute Gasteiger partial charge is 0.493 e. The summed E-state index contributed by atoms with van der Waals surface area (Å²) in [4.78, 5) is 0.261. The fourth-order valence-corrected chi connectivity index (χ4v) is 3.76. The molecule has 0 unspecified atom stereocenters. The maximum absolute atomic E-state index is 12.5. The zero-order chi connectivity index (χ0) is 20.0. The van der Waals surface area contributed by atoms with Crippen molar-refractivity contribution in [2.45, 2.75) is 31.1 Å². The van der Waals surface area contributed by atoms with Gasteiger partial charge in [-0.2, -0.15) is 0 Å². The van der Waals surface area contributed by atoms with Gasteiger partial charge in [0.25, 0.3) is 0 Å². The zero-order valence-electron chi connectivity index (χ0n) is 16.4. The number of rotatable bonds is 9. The summed E-state index contributed by atoms with van der Waals surface area (Å²) in [6.07, 6.45) is 0.486. The van der Waals surface area contributed by atoms with Crippen molar-refractivity contribution >= 4 is 10.0 Å². The van der Waals surface area contributed by atoms with Gasteiger partial charge in [0.05, 0.1) is 26.2 Å². The van der Waals surface area contributed by atoms with Gasteiger partial charge in [-0.1, -0.05) is 26.0 Å². The van der Waals surface area contributed by atoms with Crippen LogP contribution in [0.4, 0.5) is 0 Å². The first-order valence-corrected chi connectivity index (χ1v) is 10.2. The van der Waals surface area contributed by atoms with Gasteiger partial charge in [-0.05, 0) is 47.7 Å². The molecule has 2 aromatic rings. The minimum Gasteiger partial charge on any atom is -0.493 e. The molecular formula is C20H27NO5S. The van der Waals surface area contributed by atoms with Gasteiger partial charge in [-0.25, -0.2) is 13.1 Å². The molecule has 0 aromatic heterocycles. The summed E-state index contributed by atoms with van der Waals surface area (Å²) in [5, 5.41) is 0. The van der Waals surface area contributed by atoms with Gasteiger partial charge in [0, 0.05) is 6.54 Å². The van der Waals surface area contributed by atoms with Crippen molar-refractivity contribution in [1.82, 2.24) is 4.72 Å². The third kappa shape index (κ3) is 5.14. The van der Waals surface area contributed by atoms with Gasteiger partial charge < -0.3 is 14.2 Å². The summed E-state index contributed by atoms with van der Waals surface area (Å²) in [7, 11) is 1.08. The lowest BCUT2D eigenvalue weighted by Gasteiger charge is -2.14. The molecule has 0 heterocycles. The predicted octanol–water partition coefficient (Wildman–Crippen LogP) is 3.36. The Bertz CT molecular complexity index is 835. The Morgan fingerprint density at radius 3 is 1.93 bits per heavy atom. The van der Waals surface area contributed by atoms with Gasteiger partial charge in [-0.3, -0.25) is 0 Å². The number of hydrogen-bond acceptors (Lipinski definition) is 5. The van der Waals surface area contributed by atoms with Crippen LogP contribution >= 0.6 is 0 Å². The molecule has 0 saturated carbocycles. The van der Waals surface area contributed by atoms with E-state index >= 15 is 0 Å². The summed E-state index contributed by atoms with van der Waals surface area (Å²) in [5.74, 6) is 1.95. The van der Waals surface area contributed by atoms with Crippen LogP contribution in [0.2, 0.25) is 0 Å². The summed E-state index contributed by atoms with van der Waals surface area (Å²) < 4.78 is 43.5. The molecule has 0 bridgehead atoms. The summed E-state index contributed by atoms with van der Waals surface area (Å²) in [6.45, 7) is 4.39. The highest BCUT2D eigenvalue weighted by atomic mass is 32.2. The van der Waals surface area contributed by atoms with E-state index in [1.165, 1.54) is 0 Å². The van der Waals surface area contributed by atoms with Gasteiger partial charge >= 0.3 is 0 Å². The number of sulfonamides is 1. The Morgan fingerprint density at radius 2 is 1.48 bits per heavy atom. The monoisotopic (exact) mass is 393 g/mol. The summed E-state index contributed by atoms with van der Waals surface area (Å²) >= 11 is 0. The van der Waals surface area contributed by atoms with Crippen LogP contribution in [0.5, 0.6) is 17.2 Å². The second-order valence-corrected chi connectivity index (χ2v) is 8.17. The van der Waals surface area contributed by atoms with Crippen LogP contribution in [-0.2, 0) is 16.4 Å². The fraction of sp³-hybridized carbons (Fsp3) is 0.400. The second-order valence-electron chi connectivity index (χ2n) is 6.41. The van der Waals surface area contributed by atoms with Crippen molar-refractivity contribution in [3.63, 3.8) is 0 Å². The normalized spacial score (nSPS) is 11.5. The maximum atomic E-state index is 12.5. The van der Waals surface area contributed by atoms with Gasteiger partial charge in [0.2, 0.25) is 15.8 Å². The van der Waals surface area contributed by atoms with Crippen molar-refractivity contribution in [2.24, 2.45) is 0 Å². The molecule has 1 N–H and O–H groups in total. The van der Waals surface area contributed by atoms with E-state index in [1.54, 1.807) is 33.5 Å². The molecule has 7 heteroatoms. The molecule has 0 aliphatic heterocycles. The molecular weight excluding hydrogens is 366 g/mol. The topological polar surface area (TPSA) is 73.9 Å². The zero-order valence-corrected chi connectivity index (χ0v) is 17.2. The minimum atomic E-state index is -3.55. The van der Waals surface area contributed by atoms with Crippen LogP contribution in [0.15, 0.2) is 41.3 Å². The molecule has 0 saturated heterocycles. The molecule has 27 heavy (non-hydrogen) atoms. The Morgan fingerprint density at radius 1 is 0.926 bits per heavy atom. The number of benzene rings is 2. The minimum absolute atomic E-state index is 0.257. The first-order chi connectivity index (χ1) is 12.8. The Balaban J connectivity index is 2.08. The van der Waals surface area contributed by atoms with Crippen LogP contribution < -0.4 is 18.9 Å². The first kappa shape index (κ1) is 21.1. The summed E-state index contributed by atoms with van der Waals surface area (Å²) in [6, 6.07) is 10.6. The van der Waals surface area contributed by atoms with Gasteiger partial charge in [0.1, 0.15) is 0 Å². The maximum Gasteiger partial charge on any atom is 0.240 e.